The van der Waals surface area contributed by atoms with E-state index in [1.54, 1.807) is 11.3 Å². The van der Waals surface area contributed by atoms with Gasteiger partial charge in [0.05, 0.1) is 6.54 Å². The molecule has 0 unspecified atom stereocenters. The lowest BCUT2D eigenvalue weighted by molar-refractivity contribution is 0.377. The first-order valence-corrected chi connectivity index (χ1v) is 8.78. The van der Waals surface area contributed by atoms with E-state index in [4.69, 9.17) is 0 Å². The minimum Gasteiger partial charge on any atom is -0.348 e. The first-order chi connectivity index (χ1) is 10.7. The highest BCUT2D eigenvalue weighted by atomic mass is 32.1. The third-order valence-electron chi connectivity index (χ3n) is 4.18. The van der Waals surface area contributed by atoms with Gasteiger partial charge in [-0.15, -0.1) is 21.5 Å². The van der Waals surface area contributed by atoms with Gasteiger partial charge in [-0.1, -0.05) is 0 Å². The van der Waals surface area contributed by atoms with E-state index < -0.39 is 0 Å². The van der Waals surface area contributed by atoms with Gasteiger partial charge in [-0.2, -0.15) is 0 Å². The molecule has 6 nitrogen and oxygen atoms in total. The molecule has 120 valence electrons. The van der Waals surface area contributed by atoms with Crippen LogP contribution in [0.15, 0.2) is 11.6 Å². The van der Waals surface area contributed by atoms with Crippen LogP contribution in [0.25, 0.3) is 0 Å². The van der Waals surface area contributed by atoms with Gasteiger partial charge in [0, 0.05) is 37.1 Å². The molecule has 0 N–H and O–H groups in total. The molecule has 1 fully saturated rings. The zero-order valence-corrected chi connectivity index (χ0v) is 14.4. The van der Waals surface area contributed by atoms with Crippen LogP contribution >= 0.6 is 11.3 Å². The molecule has 2 aromatic heterocycles. The maximum Gasteiger partial charge on any atom is 0.185 e. The minimum absolute atomic E-state index is 0.513. The van der Waals surface area contributed by atoms with Crippen molar-refractivity contribution in [3.05, 3.63) is 23.2 Å². The van der Waals surface area contributed by atoms with E-state index in [0.29, 0.717) is 5.92 Å². The SMILES string of the molecule is CCn1c(CN(C)C)nnc1C1CCN(c2nccs2)CC1. The van der Waals surface area contributed by atoms with Gasteiger partial charge < -0.3 is 14.4 Å². The van der Waals surface area contributed by atoms with Crippen LogP contribution in [-0.4, -0.2) is 51.8 Å². The Labute approximate surface area is 135 Å². The van der Waals surface area contributed by atoms with Crippen LogP contribution in [0.4, 0.5) is 5.13 Å². The summed E-state index contributed by atoms with van der Waals surface area (Å²) in [5.74, 6) is 2.75. The highest BCUT2D eigenvalue weighted by molar-refractivity contribution is 7.13. The molecule has 3 rings (SSSR count). The Bertz CT molecular complexity index is 583. The lowest BCUT2D eigenvalue weighted by Gasteiger charge is -2.31. The number of anilines is 1. The third-order valence-corrected chi connectivity index (χ3v) is 5.01. The maximum atomic E-state index is 4.51. The Morgan fingerprint density at radius 2 is 2.05 bits per heavy atom. The molecule has 3 heterocycles. The largest absolute Gasteiger partial charge is 0.348 e. The van der Waals surface area contributed by atoms with E-state index in [-0.39, 0.29) is 0 Å². The molecule has 1 aliphatic rings. The molecule has 0 aliphatic carbocycles. The summed E-state index contributed by atoms with van der Waals surface area (Å²) in [5.41, 5.74) is 0. The second kappa shape index (κ2) is 6.75. The standard InChI is InChI=1S/C15H24N6S/c1-4-21-13(11-19(2)3)17-18-14(21)12-5-8-20(9-6-12)15-16-7-10-22-15/h7,10,12H,4-6,8-9,11H2,1-3H3. The number of rotatable bonds is 5. The highest BCUT2D eigenvalue weighted by Gasteiger charge is 2.26. The molecule has 7 heteroatoms. The smallest absolute Gasteiger partial charge is 0.185 e. The van der Waals surface area contributed by atoms with Crippen molar-refractivity contribution < 1.29 is 0 Å². The van der Waals surface area contributed by atoms with Crippen LogP contribution in [0.3, 0.4) is 0 Å². The van der Waals surface area contributed by atoms with Crippen LogP contribution in [0.5, 0.6) is 0 Å². The summed E-state index contributed by atoms with van der Waals surface area (Å²) in [7, 11) is 4.14. The molecule has 0 aromatic carbocycles. The van der Waals surface area contributed by atoms with Crippen LogP contribution < -0.4 is 4.90 Å². The van der Waals surface area contributed by atoms with Gasteiger partial charge >= 0.3 is 0 Å². The molecule has 0 saturated carbocycles. The van der Waals surface area contributed by atoms with Crippen LogP contribution in [0, 0.1) is 0 Å². The average molecular weight is 320 g/mol. The van der Waals surface area contributed by atoms with E-state index in [2.05, 4.69) is 50.6 Å². The normalized spacial score (nSPS) is 16.6. The van der Waals surface area contributed by atoms with Crippen LogP contribution in [0.2, 0.25) is 0 Å². The fourth-order valence-corrected chi connectivity index (χ4v) is 3.79. The van der Waals surface area contributed by atoms with Gasteiger partial charge in [-0.05, 0) is 33.9 Å². The van der Waals surface area contributed by atoms with Crippen molar-refractivity contribution in [2.75, 3.05) is 32.1 Å². The summed E-state index contributed by atoms with van der Waals surface area (Å²) in [6, 6.07) is 0. The molecule has 2 aromatic rings. The molecule has 0 spiro atoms. The number of hydrogen-bond acceptors (Lipinski definition) is 6. The molecule has 0 radical (unpaired) electrons. The average Bonchev–Trinajstić information content (AvgIpc) is 3.16. The summed E-state index contributed by atoms with van der Waals surface area (Å²) in [6.45, 7) is 6.07. The van der Waals surface area contributed by atoms with Crippen molar-refractivity contribution in [3.63, 3.8) is 0 Å². The van der Waals surface area contributed by atoms with Crippen molar-refractivity contribution >= 4 is 16.5 Å². The predicted molar refractivity (Wildman–Crippen MR) is 89.4 cm³/mol. The van der Waals surface area contributed by atoms with Gasteiger partial charge in [0.1, 0.15) is 11.6 Å². The summed E-state index contributed by atoms with van der Waals surface area (Å²) in [5, 5.41) is 12.1. The van der Waals surface area contributed by atoms with E-state index in [1.165, 1.54) is 0 Å². The van der Waals surface area contributed by atoms with E-state index in [9.17, 15) is 0 Å². The molecular weight excluding hydrogens is 296 g/mol. The lowest BCUT2D eigenvalue weighted by atomic mass is 9.96. The van der Waals surface area contributed by atoms with E-state index >= 15 is 0 Å². The highest BCUT2D eigenvalue weighted by Crippen LogP contribution is 2.30. The monoisotopic (exact) mass is 320 g/mol. The van der Waals surface area contributed by atoms with Gasteiger partial charge in [-0.3, -0.25) is 0 Å². The number of aromatic nitrogens is 4. The first kappa shape index (κ1) is 15.4. The summed E-state index contributed by atoms with van der Waals surface area (Å²) in [4.78, 5) is 8.94. The number of nitrogens with zero attached hydrogens (tertiary/aromatic N) is 6. The van der Waals surface area contributed by atoms with Gasteiger partial charge in [0.25, 0.3) is 0 Å². The quantitative estimate of drug-likeness (QED) is 0.845. The van der Waals surface area contributed by atoms with Crippen molar-refractivity contribution in [1.29, 1.82) is 0 Å². The Kier molecular flexibility index (Phi) is 4.73. The molecule has 1 saturated heterocycles. The fraction of sp³-hybridized carbons (Fsp3) is 0.667. The molecular formula is C15H24N6S. The Morgan fingerprint density at radius 1 is 1.27 bits per heavy atom. The van der Waals surface area contributed by atoms with Crippen molar-refractivity contribution in [2.24, 2.45) is 0 Å². The number of hydrogen-bond donors (Lipinski definition) is 0. The Morgan fingerprint density at radius 3 is 2.64 bits per heavy atom. The lowest BCUT2D eigenvalue weighted by Crippen LogP contribution is -2.33. The summed E-state index contributed by atoms with van der Waals surface area (Å²) >= 11 is 1.72. The zero-order chi connectivity index (χ0) is 15.5. The maximum absolute atomic E-state index is 4.51. The second-order valence-corrected chi connectivity index (χ2v) is 6.91. The molecule has 22 heavy (non-hydrogen) atoms. The van der Waals surface area contributed by atoms with Crippen LogP contribution in [-0.2, 0) is 13.1 Å². The number of thiazole rings is 1. The van der Waals surface area contributed by atoms with Gasteiger partial charge in [-0.25, -0.2) is 4.98 Å². The molecule has 0 atom stereocenters. The molecule has 1 aliphatic heterocycles. The minimum atomic E-state index is 0.513. The van der Waals surface area contributed by atoms with Gasteiger partial charge in [0.2, 0.25) is 0 Å². The predicted octanol–water partition coefficient (Wildman–Crippen LogP) is 2.20. The van der Waals surface area contributed by atoms with Crippen molar-refractivity contribution in [3.8, 4) is 0 Å². The summed E-state index contributed by atoms with van der Waals surface area (Å²) in [6.07, 6.45) is 4.13. The zero-order valence-electron chi connectivity index (χ0n) is 13.6. The Balaban J connectivity index is 1.69. The first-order valence-electron chi connectivity index (χ1n) is 7.90. The fourth-order valence-electron chi connectivity index (χ4n) is 3.10. The topological polar surface area (TPSA) is 50.1 Å². The number of piperidine rings is 1. The summed E-state index contributed by atoms with van der Waals surface area (Å²) < 4.78 is 2.30. The Hall–Kier alpha value is -1.47. The van der Waals surface area contributed by atoms with Crippen LogP contribution in [0.1, 0.15) is 37.3 Å². The molecule has 0 bridgehead atoms. The third kappa shape index (κ3) is 3.15. The van der Waals surface area contributed by atoms with E-state index in [1.807, 2.05) is 11.6 Å². The van der Waals surface area contributed by atoms with E-state index in [0.717, 1.165) is 55.8 Å². The van der Waals surface area contributed by atoms with Crippen molar-refractivity contribution in [1.82, 2.24) is 24.6 Å². The van der Waals surface area contributed by atoms with Crippen molar-refractivity contribution in [2.45, 2.75) is 38.8 Å². The van der Waals surface area contributed by atoms with Gasteiger partial charge in [0.15, 0.2) is 5.13 Å². The second-order valence-electron chi connectivity index (χ2n) is 6.03. The molecule has 0 amide bonds.